The molecule has 0 amide bonds. The van der Waals surface area contributed by atoms with Crippen molar-refractivity contribution in [2.24, 2.45) is 0 Å². The summed E-state index contributed by atoms with van der Waals surface area (Å²) in [6, 6.07) is 12.1. The van der Waals surface area contributed by atoms with Crippen LogP contribution in [0.3, 0.4) is 0 Å². The van der Waals surface area contributed by atoms with Gasteiger partial charge in [0.15, 0.2) is 0 Å². The number of aliphatic carboxylic acids is 2. The predicted octanol–water partition coefficient (Wildman–Crippen LogP) is 6.52. The SMILES string of the molecule is CC1=C(CCC(=O)O)c2cc3nc(cc4[nH]c(cc4C)cc4[nH]c(cc1n2)cc4C)C(C)=C3CCC(=O)O. The Hall–Kier alpha value is -4.46. The van der Waals surface area contributed by atoms with E-state index in [0.29, 0.717) is 24.2 Å². The molecule has 0 atom stereocenters. The third kappa shape index (κ3) is 4.89. The number of nitrogens with one attached hydrogen (secondary N) is 2. The fraction of sp³-hybridized carbons (Fsp3) is 0.267. The van der Waals surface area contributed by atoms with Crippen molar-refractivity contribution >= 4 is 56.3 Å². The molecule has 38 heavy (non-hydrogen) atoms. The van der Waals surface area contributed by atoms with Crippen molar-refractivity contribution in [2.75, 3.05) is 0 Å². The smallest absolute Gasteiger partial charge is 0.303 e. The first-order valence-corrected chi connectivity index (χ1v) is 12.6. The number of fused-ring (bicyclic) bond motifs is 8. The molecule has 0 fully saturated rings. The van der Waals surface area contributed by atoms with Crippen LogP contribution in [0.1, 0.15) is 73.4 Å². The standard InChI is InChI=1S/C30H30N4O4/c1-15-9-20-12-25-17(3)21(5-7-29(35)36)27(33-25)14-28-22(6-8-30(37)38)18(4)26(34-28)13-24-16(2)10-19(32-24)11-23(15)31-20/h9-14,31-32H,5-8H2,1-4H3,(H,35,36)(H,37,38). The molecule has 0 aromatic carbocycles. The first-order valence-electron chi connectivity index (χ1n) is 12.6. The zero-order valence-corrected chi connectivity index (χ0v) is 21.9. The van der Waals surface area contributed by atoms with E-state index in [0.717, 1.165) is 66.9 Å². The number of aromatic amines is 2. The van der Waals surface area contributed by atoms with Gasteiger partial charge in [-0.15, -0.1) is 0 Å². The number of carbonyl (C=O) groups is 2. The second-order valence-corrected chi connectivity index (χ2v) is 9.98. The number of carboxylic acid groups (broad SMARTS) is 2. The molecule has 2 aliphatic heterocycles. The van der Waals surface area contributed by atoms with E-state index in [1.54, 1.807) is 0 Å². The molecule has 0 saturated carbocycles. The van der Waals surface area contributed by atoms with Gasteiger partial charge in [0.1, 0.15) is 0 Å². The van der Waals surface area contributed by atoms with Crippen molar-refractivity contribution in [3.8, 4) is 0 Å². The van der Waals surface area contributed by atoms with Gasteiger partial charge < -0.3 is 20.2 Å². The molecule has 5 heterocycles. The summed E-state index contributed by atoms with van der Waals surface area (Å²) in [6.07, 6.45) is 0.647. The third-order valence-corrected chi connectivity index (χ3v) is 7.25. The molecule has 3 aromatic rings. The van der Waals surface area contributed by atoms with Crippen molar-refractivity contribution in [2.45, 2.75) is 53.4 Å². The number of allylic oxidation sites excluding steroid dienone is 4. The number of H-pyrrole nitrogens is 2. The minimum Gasteiger partial charge on any atom is -0.481 e. The highest BCUT2D eigenvalue weighted by molar-refractivity contribution is 5.96. The minimum atomic E-state index is -0.873. The molecular formula is C30H30N4O4. The van der Waals surface area contributed by atoms with E-state index in [1.165, 1.54) is 0 Å². The van der Waals surface area contributed by atoms with Gasteiger partial charge in [-0.3, -0.25) is 9.59 Å². The zero-order valence-electron chi connectivity index (χ0n) is 21.9. The van der Waals surface area contributed by atoms with Gasteiger partial charge >= 0.3 is 11.9 Å². The Morgan fingerprint density at radius 1 is 0.632 bits per heavy atom. The maximum Gasteiger partial charge on any atom is 0.303 e. The fourth-order valence-electron chi connectivity index (χ4n) is 5.10. The molecule has 0 radical (unpaired) electrons. The number of hydrogen-bond acceptors (Lipinski definition) is 4. The van der Waals surface area contributed by atoms with Crippen LogP contribution in [-0.2, 0) is 9.59 Å². The summed E-state index contributed by atoms with van der Waals surface area (Å²) in [5, 5.41) is 18.7. The fourth-order valence-corrected chi connectivity index (χ4v) is 5.10. The van der Waals surface area contributed by atoms with Crippen molar-refractivity contribution in [3.05, 3.63) is 70.3 Å². The summed E-state index contributed by atoms with van der Waals surface area (Å²) in [5.74, 6) is -1.75. The lowest BCUT2D eigenvalue weighted by Crippen LogP contribution is -1.97. The van der Waals surface area contributed by atoms with Gasteiger partial charge in [0.2, 0.25) is 0 Å². The molecule has 2 aliphatic rings. The second kappa shape index (κ2) is 9.78. The molecule has 8 bridgehead atoms. The molecular weight excluding hydrogens is 480 g/mol. The van der Waals surface area contributed by atoms with Gasteiger partial charge in [0.25, 0.3) is 0 Å². The molecule has 3 aromatic heterocycles. The molecule has 0 unspecified atom stereocenters. The number of nitrogens with zero attached hydrogens (tertiary/aromatic N) is 2. The van der Waals surface area contributed by atoms with E-state index < -0.39 is 11.9 Å². The number of rotatable bonds is 6. The Labute approximate surface area is 219 Å². The maximum atomic E-state index is 11.4. The van der Waals surface area contributed by atoms with Crippen molar-refractivity contribution in [1.82, 2.24) is 19.9 Å². The summed E-state index contributed by atoms with van der Waals surface area (Å²) in [4.78, 5) is 39.6. The first-order chi connectivity index (χ1) is 18.1. The number of aryl methyl sites for hydroxylation is 2. The Kier molecular flexibility index (Phi) is 6.48. The van der Waals surface area contributed by atoms with Crippen molar-refractivity contribution in [3.63, 3.8) is 0 Å². The van der Waals surface area contributed by atoms with Crippen LogP contribution < -0.4 is 0 Å². The quantitative estimate of drug-likeness (QED) is 0.298. The van der Waals surface area contributed by atoms with Crippen molar-refractivity contribution in [1.29, 1.82) is 0 Å². The molecule has 0 aliphatic carbocycles. The Morgan fingerprint density at radius 2 is 1.08 bits per heavy atom. The average Bonchev–Trinajstić information content (AvgIpc) is 3.53. The summed E-state index contributed by atoms with van der Waals surface area (Å²) in [5.41, 5.74) is 12.4. The molecule has 0 spiro atoms. The zero-order chi connectivity index (χ0) is 27.1. The van der Waals surface area contributed by atoms with E-state index in [2.05, 4.69) is 35.1 Å². The number of hydrogen-bond donors (Lipinski definition) is 4. The van der Waals surface area contributed by atoms with Crippen LogP contribution in [0, 0.1) is 13.8 Å². The highest BCUT2D eigenvalue weighted by atomic mass is 16.4. The van der Waals surface area contributed by atoms with E-state index in [-0.39, 0.29) is 12.8 Å². The van der Waals surface area contributed by atoms with Crippen LogP contribution in [0.15, 0.2) is 36.4 Å². The number of aromatic nitrogens is 4. The monoisotopic (exact) mass is 510 g/mol. The first kappa shape index (κ1) is 25.2. The minimum absolute atomic E-state index is 0.0138. The van der Waals surface area contributed by atoms with Crippen LogP contribution in [-0.4, -0.2) is 42.1 Å². The lowest BCUT2D eigenvalue weighted by atomic mass is 9.98. The van der Waals surface area contributed by atoms with E-state index in [1.807, 2.05) is 39.0 Å². The van der Waals surface area contributed by atoms with E-state index >= 15 is 0 Å². The Morgan fingerprint density at radius 3 is 1.58 bits per heavy atom. The molecule has 8 nitrogen and oxygen atoms in total. The topological polar surface area (TPSA) is 132 Å². The molecule has 4 N–H and O–H groups in total. The van der Waals surface area contributed by atoms with E-state index in [9.17, 15) is 19.8 Å². The normalized spacial score (nSPS) is 13.4. The maximum absolute atomic E-state index is 11.4. The van der Waals surface area contributed by atoms with Crippen LogP contribution in [0.5, 0.6) is 0 Å². The Balaban J connectivity index is 1.84. The van der Waals surface area contributed by atoms with Gasteiger partial charge in [-0.1, -0.05) is 0 Å². The summed E-state index contributed by atoms with van der Waals surface area (Å²) in [6.45, 7) is 8.01. The largest absolute Gasteiger partial charge is 0.481 e. The molecule has 5 rings (SSSR count). The summed E-state index contributed by atoms with van der Waals surface area (Å²) < 4.78 is 0. The predicted molar refractivity (Wildman–Crippen MR) is 149 cm³/mol. The highest BCUT2D eigenvalue weighted by Crippen LogP contribution is 2.37. The van der Waals surface area contributed by atoms with Crippen LogP contribution >= 0.6 is 0 Å². The highest BCUT2D eigenvalue weighted by Gasteiger charge is 2.22. The summed E-state index contributed by atoms with van der Waals surface area (Å²) >= 11 is 0. The number of carboxylic acids is 2. The average molecular weight is 511 g/mol. The van der Waals surface area contributed by atoms with Gasteiger partial charge in [-0.05, 0) is 110 Å². The van der Waals surface area contributed by atoms with E-state index in [4.69, 9.17) is 9.97 Å². The molecule has 8 heteroatoms. The van der Waals surface area contributed by atoms with Gasteiger partial charge in [0, 0.05) is 34.9 Å². The van der Waals surface area contributed by atoms with Gasteiger partial charge in [-0.25, -0.2) is 9.97 Å². The Bertz CT molecular complexity index is 1720. The molecule has 194 valence electrons. The van der Waals surface area contributed by atoms with Crippen LogP contribution in [0.2, 0.25) is 0 Å². The van der Waals surface area contributed by atoms with Crippen LogP contribution in [0.4, 0.5) is 0 Å². The summed E-state index contributed by atoms with van der Waals surface area (Å²) in [7, 11) is 0. The lowest BCUT2D eigenvalue weighted by molar-refractivity contribution is -0.137. The van der Waals surface area contributed by atoms with Gasteiger partial charge in [-0.2, -0.15) is 0 Å². The van der Waals surface area contributed by atoms with Crippen LogP contribution in [0.25, 0.3) is 44.4 Å². The second-order valence-electron chi connectivity index (χ2n) is 9.98. The lowest BCUT2D eigenvalue weighted by Gasteiger charge is -2.05. The third-order valence-electron chi connectivity index (χ3n) is 7.25. The molecule has 0 saturated heterocycles. The van der Waals surface area contributed by atoms with Gasteiger partial charge in [0.05, 0.1) is 22.8 Å². The van der Waals surface area contributed by atoms with Crippen molar-refractivity contribution < 1.29 is 19.8 Å².